The van der Waals surface area contributed by atoms with E-state index in [-0.39, 0.29) is 50.0 Å². The summed E-state index contributed by atoms with van der Waals surface area (Å²) in [6.07, 6.45) is 0. The van der Waals surface area contributed by atoms with Gasteiger partial charge in [0.15, 0.2) is 17.5 Å². The third-order valence-electron chi connectivity index (χ3n) is 9.13. The Balaban J connectivity index is 1.30. The van der Waals surface area contributed by atoms with E-state index in [1.165, 1.54) is 0 Å². The van der Waals surface area contributed by atoms with Crippen molar-refractivity contribution in [3.8, 4) is 67.5 Å². The molecule has 0 aliphatic heterocycles. The molecule has 0 bridgehead atoms. The van der Waals surface area contributed by atoms with Crippen molar-refractivity contribution in [1.29, 1.82) is 0 Å². The zero-order valence-corrected chi connectivity index (χ0v) is 28.2. The van der Waals surface area contributed by atoms with Crippen LogP contribution >= 0.6 is 0 Å². The molecule has 3 heteroatoms. The zero-order valence-electron chi connectivity index (χ0n) is 43.2. The van der Waals surface area contributed by atoms with Gasteiger partial charge in [-0.2, -0.15) is 0 Å². The number of rotatable bonds is 6. The molecule has 0 amide bonds. The van der Waals surface area contributed by atoms with Crippen LogP contribution in [0.2, 0.25) is 0 Å². The lowest BCUT2D eigenvalue weighted by atomic mass is 9.92. The largest absolute Gasteiger partial charge is 0.208 e. The third-order valence-corrected chi connectivity index (χ3v) is 9.13. The first-order valence-electron chi connectivity index (χ1n) is 24.6. The van der Waals surface area contributed by atoms with E-state index in [2.05, 4.69) is 0 Å². The Kier molecular flexibility index (Phi) is 4.85. The van der Waals surface area contributed by atoms with Crippen LogP contribution in [0.5, 0.6) is 0 Å². The normalized spacial score (nSPS) is 15.2. The van der Waals surface area contributed by atoms with Crippen molar-refractivity contribution in [2.75, 3.05) is 0 Å². The molecular weight excluding hydrogens is 655 g/mol. The van der Waals surface area contributed by atoms with Crippen molar-refractivity contribution >= 4 is 32.3 Å². The molecule has 0 N–H and O–H groups in total. The van der Waals surface area contributed by atoms with Gasteiger partial charge in [-0.3, -0.25) is 0 Å². The van der Waals surface area contributed by atoms with E-state index in [0.29, 0.717) is 11.1 Å². The van der Waals surface area contributed by atoms with E-state index in [1.807, 2.05) is 97.1 Å². The highest BCUT2D eigenvalue weighted by Gasteiger charge is 2.15. The highest BCUT2D eigenvalue weighted by molar-refractivity contribution is 6.25. The predicted octanol–water partition coefficient (Wildman–Crippen LogP) is 13.3. The van der Waals surface area contributed by atoms with Gasteiger partial charge in [0.2, 0.25) is 0 Å². The number of benzene rings is 9. The third kappa shape index (κ3) is 5.78. The topological polar surface area (TPSA) is 38.7 Å². The molecule has 3 nitrogen and oxygen atoms in total. The summed E-state index contributed by atoms with van der Waals surface area (Å²) in [6.45, 7) is 0. The summed E-state index contributed by atoms with van der Waals surface area (Å²) in [4.78, 5) is 14.5. The van der Waals surface area contributed by atoms with Gasteiger partial charge in [0.1, 0.15) is 0 Å². The molecule has 0 saturated carbocycles. The molecule has 0 unspecified atom stereocenters. The Bertz CT molecular complexity index is 3700. The minimum Gasteiger partial charge on any atom is -0.208 e. The molecule has 0 radical (unpaired) electrons. The quantitative estimate of drug-likeness (QED) is 0.162. The number of hydrogen-bond acceptors (Lipinski definition) is 3. The molecule has 252 valence electrons. The lowest BCUT2D eigenvalue weighted by molar-refractivity contribution is 1.07. The molecule has 0 aliphatic rings. The lowest BCUT2D eigenvalue weighted by Crippen LogP contribution is -2.00. The lowest BCUT2D eigenvalue weighted by Gasteiger charge is -2.13. The van der Waals surface area contributed by atoms with Gasteiger partial charge in [0, 0.05) is 16.7 Å². The second-order valence-corrected chi connectivity index (χ2v) is 12.4. The van der Waals surface area contributed by atoms with E-state index >= 15 is 0 Å². The Morgan fingerprint density at radius 2 is 0.685 bits per heavy atom. The number of aromatic nitrogens is 3. The van der Waals surface area contributed by atoms with E-state index in [9.17, 15) is 8.22 Å². The summed E-state index contributed by atoms with van der Waals surface area (Å²) in [6, 6.07) is 23.5. The molecule has 1 aromatic heterocycles. The molecule has 10 rings (SSSR count). The second kappa shape index (κ2) is 13.4. The highest BCUT2D eigenvalue weighted by atomic mass is 15.0. The van der Waals surface area contributed by atoms with Gasteiger partial charge in [0.05, 0.1) is 20.6 Å². The van der Waals surface area contributed by atoms with E-state index in [0.717, 1.165) is 22.3 Å². The van der Waals surface area contributed by atoms with Gasteiger partial charge in [-0.1, -0.05) is 176 Å². The maximum Gasteiger partial charge on any atom is 0.164 e. The molecule has 0 fully saturated rings. The first-order valence-corrected chi connectivity index (χ1v) is 17.1. The predicted molar refractivity (Wildman–Crippen MR) is 225 cm³/mol. The summed E-state index contributed by atoms with van der Waals surface area (Å²) in [5.74, 6) is 0.0260. The van der Waals surface area contributed by atoms with Gasteiger partial charge >= 0.3 is 0 Å². The minimum atomic E-state index is -0.779. The smallest absolute Gasteiger partial charge is 0.164 e. The SMILES string of the molecule is [2H]c1c([2H])c(-c2nc(-c3cccc(-c4ccccc4)c3)nc(-c3cccc(-c4ccccc4)c3)n2)c([2H])c(-c2c([2H])c([2H])c3c4c([2H])c([2H])c([2H])c([2H])c4c4c([2H])c([2H])c([2H])c([2H])c4c3c2[2H])c1[2H]. The van der Waals surface area contributed by atoms with Gasteiger partial charge in [-0.15, -0.1) is 0 Å². The summed E-state index contributed by atoms with van der Waals surface area (Å²) in [5.41, 5.74) is 3.13. The first-order chi connectivity index (χ1) is 33.0. The van der Waals surface area contributed by atoms with Crippen LogP contribution in [-0.4, -0.2) is 15.0 Å². The van der Waals surface area contributed by atoms with Crippen molar-refractivity contribution in [2.24, 2.45) is 0 Å². The molecule has 9 aromatic carbocycles. The Morgan fingerprint density at radius 3 is 1.22 bits per heavy atom. The summed E-state index contributed by atoms with van der Waals surface area (Å²) in [7, 11) is 0. The monoisotopic (exact) mass is 702 g/mol. The average Bonchev–Trinajstić information content (AvgIpc) is 3.37. The molecule has 0 aliphatic carbocycles. The maximum atomic E-state index is 9.79. The fourth-order valence-corrected chi connectivity index (χ4v) is 6.54. The number of hydrogen-bond donors (Lipinski definition) is 0. The highest BCUT2D eigenvalue weighted by Crippen LogP contribution is 2.38. The second-order valence-electron chi connectivity index (χ2n) is 12.4. The molecule has 1 heterocycles. The molecule has 54 heavy (non-hydrogen) atoms. The Labute approximate surface area is 335 Å². The van der Waals surface area contributed by atoms with Gasteiger partial charge in [-0.25, -0.2) is 15.0 Å². The van der Waals surface area contributed by atoms with Crippen molar-refractivity contribution in [3.63, 3.8) is 0 Å². The molecule has 0 spiro atoms. The van der Waals surface area contributed by atoms with Crippen LogP contribution in [0.1, 0.15) is 20.6 Å². The Morgan fingerprint density at radius 1 is 0.278 bits per heavy atom. The molecule has 0 atom stereocenters. The van der Waals surface area contributed by atoms with Crippen LogP contribution in [0.4, 0.5) is 0 Å². The zero-order chi connectivity index (χ0) is 48.9. The van der Waals surface area contributed by atoms with Crippen LogP contribution in [0, 0.1) is 0 Å². The maximum absolute atomic E-state index is 9.79. The average molecular weight is 703 g/mol. The number of fused-ring (bicyclic) bond motifs is 6. The van der Waals surface area contributed by atoms with Gasteiger partial charge in [0.25, 0.3) is 0 Å². The summed E-state index contributed by atoms with van der Waals surface area (Å²) >= 11 is 0. The van der Waals surface area contributed by atoms with Crippen LogP contribution in [-0.2, 0) is 0 Å². The molecule has 0 saturated heterocycles. The molecular formula is C51H33N3. The fourth-order valence-electron chi connectivity index (χ4n) is 6.54. The van der Waals surface area contributed by atoms with Gasteiger partial charge in [-0.05, 0) is 89.9 Å². The van der Waals surface area contributed by atoms with E-state index in [4.69, 9.17) is 27.3 Å². The van der Waals surface area contributed by atoms with Crippen LogP contribution in [0.15, 0.2) is 200 Å². The van der Waals surface area contributed by atoms with Crippen LogP contribution < -0.4 is 0 Å². The van der Waals surface area contributed by atoms with Crippen molar-refractivity contribution in [3.05, 3.63) is 200 Å². The van der Waals surface area contributed by atoms with Crippen molar-refractivity contribution < 1.29 is 20.6 Å². The van der Waals surface area contributed by atoms with E-state index in [1.54, 1.807) is 12.1 Å². The molecule has 10 aromatic rings. The standard InChI is InChI=1S/C51H33N3/c1-3-14-34(15-4-1)36-18-11-21-40(30-36)49-52-50(41-22-12-19-37(31-41)35-16-5-2-6-17-35)54-51(53-49)42-23-13-20-38(32-42)39-28-29-47-45-26-8-7-24-43(45)44-25-9-10-27-46(44)48(47)33-39/h1-33H/i7D,8D,9D,10D,13D,20D,23D,24D,25D,26D,27D,28D,29D,32D,33D. The van der Waals surface area contributed by atoms with Crippen LogP contribution in [0.25, 0.3) is 99.9 Å². The Hall–Kier alpha value is -7.23. The first kappa shape index (κ1) is 19.6. The van der Waals surface area contributed by atoms with Gasteiger partial charge < -0.3 is 0 Å². The minimum absolute atomic E-state index is 0.137. The summed E-state index contributed by atoms with van der Waals surface area (Å²) < 4.78 is 136. The fraction of sp³-hybridized carbons (Fsp3) is 0. The van der Waals surface area contributed by atoms with Crippen molar-refractivity contribution in [1.82, 2.24) is 15.0 Å². The van der Waals surface area contributed by atoms with E-state index < -0.39 is 107 Å². The number of nitrogens with zero attached hydrogens (tertiary/aromatic N) is 3. The summed E-state index contributed by atoms with van der Waals surface area (Å²) in [5, 5.41) is -2.20. The van der Waals surface area contributed by atoms with Crippen LogP contribution in [0.3, 0.4) is 0 Å². The van der Waals surface area contributed by atoms with Crippen molar-refractivity contribution in [2.45, 2.75) is 0 Å².